The van der Waals surface area contributed by atoms with Gasteiger partial charge in [0, 0.05) is 23.7 Å². The van der Waals surface area contributed by atoms with E-state index in [2.05, 4.69) is 31.0 Å². The van der Waals surface area contributed by atoms with Gasteiger partial charge in [-0.05, 0) is 42.9 Å². The maximum Gasteiger partial charge on any atom is 0.303 e. The van der Waals surface area contributed by atoms with Crippen LogP contribution in [0.4, 0.5) is 4.39 Å². The van der Waals surface area contributed by atoms with Gasteiger partial charge in [0.1, 0.15) is 5.82 Å². The number of nitrogens with zero attached hydrogens (tertiary/aromatic N) is 2. The molecule has 0 aliphatic heterocycles. The molecule has 1 heterocycles. The van der Waals surface area contributed by atoms with Gasteiger partial charge < -0.3 is 5.11 Å². The van der Waals surface area contributed by atoms with Crippen molar-refractivity contribution in [3.8, 4) is 22.5 Å². The number of rotatable bonds is 9. The molecule has 5 heteroatoms. The molecule has 0 radical (unpaired) electrons. The molecule has 0 aliphatic rings. The molecular formula is C25H27FN2O2. The zero-order valence-corrected chi connectivity index (χ0v) is 17.5. The van der Waals surface area contributed by atoms with E-state index in [1.807, 2.05) is 12.1 Å². The first-order chi connectivity index (χ1) is 14.5. The molecule has 0 aliphatic carbocycles. The molecule has 0 unspecified atom stereocenters. The molecule has 4 nitrogen and oxygen atoms in total. The fraction of sp³-hybridized carbons (Fsp3) is 0.320. The van der Waals surface area contributed by atoms with Gasteiger partial charge in [-0.25, -0.2) is 9.37 Å². The molecular weight excluding hydrogens is 379 g/mol. The highest BCUT2D eigenvalue weighted by atomic mass is 19.1. The number of aromatic nitrogens is 2. The summed E-state index contributed by atoms with van der Waals surface area (Å²) < 4.78 is 14.7. The number of benzene rings is 2. The van der Waals surface area contributed by atoms with Crippen molar-refractivity contribution in [2.24, 2.45) is 0 Å². The molecule has 0 atom stereocenters. The summed E-state index contributed by atoms with van der Waals surface area (Å²) in [7, 11) is 0. The first kappa shape index (κ1) is 21.6. The lowest BCUT2D eigenvalue weighted by Gasteiger charge is -2.12. The number of unbranched alkanes of at least 4 members (excludes halogenated alkanes) is 1. The lowest BCUT2D eigenvalue weighted by Crippen LogP contribution is -2.02. The van der Waals surface area contributed by atoms with Crippen LogP contribution in [0.3, 0.4) is 0 Å². The van der Waals surface area contributed by atoms with E-state index >= 15 is 0 Å². The van der Waals surface area contributed by atoms with Crippen LogP contribution in [-0.4, -0.2) is 21.0 Å². The normalized spacial score (nSPS) is 10.9. The highest BCUT2D eigenvalue weighted by Gasteiger charge is 2.15. The van der Waals surface area contributed by atoms with Gasteiger partial charge in [0.25, 0.3) is 0 Å². The lowest BCUT2D eigenvalue weighted by atomic mass is 9.99. The van der Waals surface area contributed by atoms with Gasteiger partial charge in [-0.2, -0.15) is 0 Å². The highest BCUT2D eigenvalue weighted by molar-refractivity contribution is 5.78. The summed E-state index contributed by atoms with van der Waals surface area (Å²) in [6.07, 6.45) is 5.72. The largest absolute Gasteiger partial charge is 0.481 e. The van der Waals surface area contributed by atoms with E-state index in [0.29, 0.717) is 16.8 Å². The molecule has 0 saturated carbocycles. The Morgan fingerprint density at radius 1 is 1.00 bits per heavy atom. The van der Waals surface area contributed by atoms with Crippen LogP contribution in [-0.2, 0) is 24.1 Å². The summed E-state index contributed by atoms with van der Waals surface area (Å²) >= 11 is 0. The Balaban J connectivity index is 2.03. The van der Waals surface area contributed by atoms with E-state index < -0.39 is 11.8 Å². The van der Waals surface area contributed by atoms with Gasteiger partial charge in [-0.3, -0.25) is 9.78 Å². The van der Waals surface area contributed by atoms with Crippen LogP contribution >= 0.6 is 0 Å². The van der Waals surface area contributed by atoms with E-state index in [1.165, 1.54) is 11.6 Å². The van der Waals surface area contributed by atoms with Crippen LogP contribution in [0.1, 0.15) is 49.9 Å². The molecule has 2 aromatic carbocycles. The van der Waals surface area contributed by atoms with Gasteiger partial charge >= 0.3 is 5.97 Å². The highest BCUT2D eigenvalue weighted by Crippen LogP contribution is 2.31. The minimum atomic E-state index is -0.939. The van der Waals surface area contributed by atoms with Crippen molar-refractivity contribution in [2.45, 2.75) is 52.4 Å². The van der Waals surface area contributed by atoms with Crippen molar-refractivity contribution in [3.05, 3.63) is 71.3 Å². The van der Waals surface area contributed by atoms with Crippen molar-refractivity contribution in [1.82, 2.24) is 9.97 Å². The minimum absolute atomic E-state index is 0.0996. The molecule has 0 saturated heterocycles. The number of carboxylic acids is 1. The van der Waals surface area contributed by atoms with E-state index in [0.717, 1.165) is 42.6 Å². The van der Waals surface area contributed by atoms with Crippen molar-refractivity contribution in [2.75, 3.05) is 0 Å². The summed E-state index contributed by atoms with van der Waals surface area (Å²) in [6.45, 7) is 4.24. The molecule has 3 aromatic rings. The Kier molecular flexibility index (Phi) is 7.28. The summed E-state index contributed by atoms with van der Waals surface area (Å²) in [5, 5.41) is 8.86. The van der Waals surface area contributed by atoms with E-state index in [-0.39, 0.29) is 12.8 Å². The van der Waals surface area contributed by atoms with Crippen LogP contribution in [0.25, 0.3) is 22.5 Å². The van der Waals surface area contributed by atoms with Gasteiger partial charge in [-0.1, -0.05) is 56.7 Å². The maximum absolute atomic E-state index is 14.7. The summed E-state index contributed by atoms with van der Waals surface area (Å²) in [6, 6.07) is 13.1. The van der Waals surface area contributed by atoms with Gasteiger partial charge in [0.15, 0.2) is 0 Å². The lowest BCUT2D eigenvalue weighted by molar-refractivity contribution is -0.136. The predicted molar refractivity (Wildman–Crippen MR) is 117 cm³/mol. The first-order valence-corrected chi connectivity index (χ1v) is 10.5. The standard InChI is InChI=1S/C25H27FN2O2/c1-3-5-6-21-16-27-24(19-9-7-17(4-2)8-10-19)25(28-21)20-12-11-18(22(26)15-20)13-14-23(29)30/h7-12,15-16H,3-6,13-14H2,1-2H3,(H,29,30). The monoisotopic (exact) mass is 406 g/mol. The molecule has 0 bridgehead atoms. The summed E-state index contributed by atoms with van der Waals surface area (Å²) in [4.78, 5) is 20.3. The van der Waals surface area contributed by atoms with Crippen LogP contribution in [0.5, 0.6) is 0 Å². The average molecular weight is 407 g/mol. The van der Waals surface area contributed by atoms with E-state index in [4.69, 9.17) is 10.1 Å². The molecule has 0 fully saturated rings. The fourth-order valence-corrected chi connectivity index (χ4v) is 3.35. The molecule has 0 spiro atoms. The van der Waals surface area contributed by atoms with Gasteiger partial charge in [0.2, 0.25) is 0 Å². The molecule has 30 heavy (non-hydrogen) atoms. The summed E-state index contributed by atoms with van der Waals surface area (Å²) in [5.74, 6) is -1.35. The Morgan fingerprint density at radius 2 is 1.73 bits per heavy atom. The Morgan fingerprint density at radius 3 is 2.37 bits per heavy atom. The van der Waals surface area contributed by atoms with Crippen molar-refractivity contribution in [1.29, 1.82) is 0 Å². The van der Waals surface area contributed by atoms with Crippen molar-refractivity contribution in [3.63, 3.8) is 0 Å². The zero-order valence-electron chi connectivity index (χ0n) is 17.5. The third-order valence-electron chi connectivity index (χ3n) is 5.18. The van der Waals surface area contributed by atoms with Crippen LogP contribution in [0, 0.1) is 5.82 Å². The second-order valence-electron chi connectivity index (χ2n) is 7.41. The second-order valence-corrected chi connectivity index (χ2v) is 7.41. The molecule has 1 aromatic heterocycles. The van der Waals surface area contributed by atoms with Crippen LogP contribution < -0.4 is 0 Å². The van der Waals surface area contributed by atoms with Gasteiger partial charge in [0.05, 0.1) is 17.1 Å². The molecule has 0 amide bonds. The van der Waals surface area contributed by atoms with Crippen LogP contribution in [0.15, 0.2) is 48.7 Å². The summed E-state index contributed by atoms with van der Waals surface area (Å²) in [5.41, 5.74) is 5.47. The molecule has 1 N–H and O–H groups in total. The molecule has 156 valence electrons. The Labute approximate surface area is 176 Å². The SMILES string of the molecule is CCCCc1cnc(-c2ccc(CC)cc2)c(-c2ccc(CCC(=O)O)c(F)c2)n1. The third-order valence-corrected chi connectivity index (χ3v) is 5.18. The molecule has 3 rings (SSSR count). The quantitative estimate of drug-likeness (QED) is 0.482. The first-order valence-electron chi connectivity index (χ1n) is 10.5. The number of hydrogen-bond acceptors (Lipinski definition) is 3. The maximum atomic E-state index is 14.7. The van der Waals surface area contributed by atoms with Crippen molar-refractivity contribution >= 4 is 5.97 Å². The van der Waals surface area contributed by atoms with E-state index in [9.17, 15) is 9.18 Å². The smallest absolute Gasteiger partial charge is 0.303 e. The third kappa shape index (κ3) is 5.29. The second kappa shape index (κ2) is 10.1. The van der Waals surface area contributed by atoms with Gasteiger partial charge in [-0.15, -0.1) is 0 Å². The average Bonchev–Trinajstić information content (AvgIpc) is 2.76. The van der Waals surface area contributed by atoms with E-state index in [1.54, 1.807) is 18.3 Å². The van der Waals surface area contributed by atoms with Crippen LogP contribution in [0.2, 0.25) is 0 Å². The number of carboxylic acid groups (broad SMARTS) is 1. The number of aliphatic carboxylic acids is 1. The minimum Gasteiger partial charge on any atom is -0.481 e. The number of hydrogen-bond donors (Lipinski definition) is 1. The Bertz CT molecular complexity index is 1020. The number of halogens is 1. The number of carbonyl (C=O) groups is 1. The Hall–Kier alpha value is -3.08. The zero-order chi connectivity index (χ0) is 21.5. The topological polar surface area (TPSA) is 63.1 Å². The van der Waals surface area contributed by atoms with Crippen molar-refractivity contribution < 1.29 is 14.3 Å². The fourth-order valence-electron chi connectivity index (χ4n) is 3.35. The predicted octanol–water partition coefficient (Wildman–Crippen LogP) is 5.87. The number of aryl methyl sites for hydroxylation is 3.